The van der Waals surface area contributed by atoms with E-state index in [1.165, 1.54) is 11.3 Å². The maximum absolute atomic E-state index is 12.7. The smallest absolute Gasteiger partial charge is 0.263 e. The van der Waals surface area contributed by atoms with Gasteiger partial charge in [-0.3, -0.25) is 4.79 Å². The van der Waals surface area contributed by atoms with E-state index in [9.17, 15) is 4.79 Å². The second kappa shape index (κ2) is 5.84. The highest BCUT2D eigenvalue weighted by Gasteiger charge is 2.27. The maximum Gasteiger partial charge on any atom is 0.263 e. The molecule has 118 valence electrons. The van der Waals surface area contributed by atoms with Crippen LogP contribution in [-0.4, -0.2) is 10.9 Å². The van der Waals surface area contributed by atoms with Crippen molar-refractivity contribution in [3.63, 3.8) is 0 Å². The fraction of sp³-hybridized carbons (Fsp3) is 0.444. The van der Waals surface area contributed by atoms with Crippen molar-refractivity contribution in [1.82, 2.24) is 10.3 Å². The van der Waals surface area contributed by atoms with E-state index in [0.717, 1.165) is 16.3 Å². The molecule has 1 amide bonds. The summed E-state index contributed by atoms with van der Waals surface area (Å²) in [5.74, 6) is -0.0562. The number of carbonyl (C=O) groups is 1. The first-order chi connectivity index (χ1) is 10.1. The Hall–Kier alpha value is -1.68. The zero-order valence-corrected chi connectivity index (χ0v) is 15.0. The van der Waals surface area contributed by atoms with E-state index in [1.54, 1.807) is 0 Å². The number of hydrogen-bond donors (Lipinski definition) is 1. The topological polar surface area (TPSA) is 42.0 Å². The van der Waals surface area contributed by atoms with E-state index in [4.69, 9.17) is 0 Å². The van der Waals surface area contributed by atoms with E-state index in [2.05, 4.69) is 31.1 Å². The lowest BCUT2D eigenvalue weighted by Gasteiger charge is -2.26. The highest BCUT2D eigenvalue weighted by Crippen LogP contribution is 2.30. The summed E-state index contributed by atoms with van der Waals surface area (Å²) in [6.45, 7) is 12.3. The zero-order valence-electron chi connectivity index (χ0n) is 14.2. The average Bonchev–Trinajstić information content (AvgIpc) is 2.81. The molecule has 3 nitrogen and oxygen atoms in total. The Balaban J connectivity index is 2.25. The van der Waals surface area contributed by atoms with Crippen LogP contribution in [-0.2, 0) is 11.0 Å². The first kappa shape index (κ1) is 16.7. The Morgan fingerprint density at radius 3 is 2.18 bits per heavy atom. The first-order valence-corrected chi connectivity index (χ1v) is 8.29. The molecule has 0 radical (unpaired) electrons. The van der Waals surface area contributed by atoms with Gasteiger partial charge >= 0.3 is 0 Å². The van der Waals surface area contributed by atoms with Crippen LogP contribution in [0.2, 0.25) is 0 Å². The summed E-state index contributed by atoms with van der Waals surface area (Å²) in [6, 6.07) is 10.0. The monoisotopic (exact) mass is 316 g/mol. The number of aryl methyl sites for hydroxylation is 1. The van der Waals surface area contributed by atoms with Crippen LogP contribution in [0.5, 0.6) is 0 Å². The minimum Gasteiger partial charge on any atom is -0.342 e. The van der Waals surface area contributed by atoms with Gasteiger partial charge in [0, 0.05) is 5.41 Å². The number of carbonyl (C=O) groups excluding carboxylic acids is 1. The van der Waals surface area contributed by atoms with Crippen LogP contribution >= 0.6 is 11.3 Å². The molecule has 0 unspecified atom stereocenters. The molecule has 1 aromatic heterocycles. The lowest BCUT2D eigenvalue weighted by Crippen LogP contribution is -2.40. The molecule has 4 heteroatoms. The summed E-state index contributed by atoms with van der Waals surface area (Å²) in [6.07, 6.45) is 0. The normalized spacial score (nSPS) is 12.3. The van der Waals surface area contributed by atoms with Crippen LogP contribution in [0.15, 0.2) is 30.3 Å². The number of rotatable bonds is 3. The number of aromatic nitrogens is 1. The molecule has 2 aromatic rings. The molecule has 2 rings (SSSR count). The van der Waals surface area contributed by atoms with Gasteiger partial charge < -0.3 is 5.32 Å². The number of amides is 1. The van der Waals surface area contributed by atoms with Crippen molar-refractivity contribution in [2.75, 3.05) is 0 Å². The predicted octanol–water partition coefficient (Wildman–Crippen LogP) is 4.41. The zero-order chi connectivity index (χ0) is 16.5. The largest absolute Gasteiger partial charge is 0.342 e. The minimum atomic E-state index is -0.420. The fourth-order valence-corrected chi connectivity index (χ4v) is 3.21. The molecule has 0 saturated heterocycles. The third-order valence-electron chi connectivity index (χ3n) is 3.57. The van der Waals surface area contributed by atoms with Gasteiger partial charge in [0.2, 0.25) is 0 Å². The summed E-state index contributed by atoms with van der Waals surface area (Å²) in [5.41, 5.74) is 1.43. The van der Waals surface area contributed by atoms with Gasteiger partial charge in [-0.1, -0.05) is 51.1 Å². The fourth-order valence-electron chi connectivity index (χ4n) is 2.20. The van der Waals surface area contributed by atoms with Crippen molar-refractivity contribution in [3.8, 4) is 0 Å². The third-order valence-corrected chi connectivity index (χ3v) is 5.15. The molecule has 1 heterocycles. The summed E-state index contributed by atoms with van der Waals surface area (Å²) in [7, 11) is 0. The highest BCUT2D eigenvalue weighted by molar-refractivity contribution is 7.14. The van der Waals surface area contributed by atoms with Crippen LogP contribution in [0, 0.1) is 6.92 Å². The average molecular weight is 316 g/mol. The molecule has 1 N–H and O–H groups in total. The Morgan fingerprint density at radius 1 is 1.09 bits per heavy atom. The standard InChI is InChI=1S/C18H24N2OS/c1-12-14(22-16(19-12)17(2,3)4)15(21)20-18(5,6)13-10-8-7-9-11-13/h7-11H,1-6H3,(H,20,21). The lowest BCUT2D eigenvalue weighted by molar-refractivity contribution is 0.0915. The van der Waals surface area contributed by atoms with E-state index in [-0.39, 0.29) is 11.3 Å². The van der Waals surface area contributed by atoms with Crippen LogP contribution in [0.3, 0.4) is 0 Å². The molecule has 0 saturated carbocycles. The number of hydrogen-bond acceptors (Lipinski definition) is 3. The molecular weight excluding hydrogens is 292 g/mol. The van der Waals surface area contributed by atoms with Crippen molar-refractivity contribution in [3.05, 3.63) is 51.5 Å². The number of nitrogens with one attached hydrogen (secondary N) is 1. The Labute approximate surface area is 136 Å². The molecule has 0 fully saturated rings. The van der Waals surface area contributed by atoms with Gasteiger partial charge in [0.1, 0.15) is 4.88 Å². The quantitative estimate of drug-likeness (QED) is 0.911. The number of thiazole rings is 1. The second-order valence-electron chi connectivity index (χ2n) is 7.13. The number of nitrogens with zero attached hydrogens (tertiary/aromatic N) is 1. The molecule has 0 aliphatic carbocycles. The van der Waals surface area contributed by atoms with Crippen LogP contribution < -0.4 is 5.32 Å². The molecule has 0 atom stereocenters. The molecule has 0 bridgehead atoms. The second-order valence-corrected chi connectivity index (χ2v) is 8.13. The molecule has 0 aliphatic heterocycles. The van der Waals surface area contributed by atoms with Crippen molar-refractivity contribution in [2.24, 2.45) is 0 Å². The van der Waals surface area contributed by atoms with E-state index >= 15 is 0 Å². The molecular formula is C18H24N2OS. The summed E-state index contributed by atoms with van der Waals surface area (Å²) < 4.78 is 0. The minimum absolute atomic E-state index is 0.0388. The van der Waals surface area contributed by atoms with Crippen molar-refractivity contribution >= 4 is 17.2 Å². The van der Waals surface area contributed by atoms with Crippen molar-refractivity contribution in [2.45, 2.75) is 52.5 Å². The Morgan fingerprint density at radius 2 is 1.68 bits per heavy atom. The van der Waals surface area contributed by atoms with Gasteiger partial charge in [-0.05, 0) is 26.3 Å². The lowest BCUT2D eigenvalue weighted by atomic mass is 9.94. The van der Waals surface area contributed by atoms with Gasteiger partial charge in [-0.25, -0.2) is 4.98 Å². The molecule has 0 spiro atoms. The molecule has 0 aliphatic rings. The van der Waals surface area contributed by atoms with Gasteiger partial charge in [-0.15, -0.1) is 11.3 Å². The summed E-state index contributed by atoms with van der Waals surface area (Å²) >= 11 is 1.49. The maximum atomic E-state index is 12.7. The third kappa shape index (κ3) is 3.55. The summed E-state index contributed by atoms with van der Waals surface area (Å²) in [5, 5.41) is 4.12. The first-order valence-electron chi connectivity index (χ1n) is 7.47. The van der Waals surface area contributed by atoms with Crippen molar-refractivity contribution in [1.29, 1.82) is 0 Å². The van der Waals surface area contributed by atoms with Gasteiger partial charge in [0.25, 0.3) is 5.91 Å². The van der Waals surface area contributed by atoms with E-state index in [0.29, 0.717) is 4.88 Å². The van der Waals surface area contributed by atoms with Crippen LogP contribution in [0.4, 0.5) is 0 Å². The molecule has 22 heavy (non-hydrogen) atoms. The van der Waals surface area contributed by atoms with Crippen molar-refractivity contribution < 1.29 is 4.79 Å². The Bertz CT molecular complexity index is 666. The predicted molar refractivity (Wildman–Crippen MR) is 92.5 cm³/mol. The highest BCUT2D eigenvalue weighted by atomic mass is 32.1. The van der Waals surface area contributed by atoms with E-state index < -0.39 is 5.54 Å². The SMILES string of the molecule is Cc1nc(C(C)(C)C)sc1C(=O)NC(C)(C)c1ccccc1. The molecule has 1 aromatic carbocycles. The van der Waals surface area contributed by atoms with Gasteiger partial charge in [0.05, 0.1) is 16.2 Å². The van der Waals surface area contributed by atoms with Gasteiger partial charge in [-0.2, -0.15) is 0 Å². The van der Waals surface area contributed by atoms with Crippen LogP contribution in [0.25, 0.3) is 0 Å². The van der Waals surface area contributed by atoms with Crippen LogP contribution in [0.1, 0.15) is 60.6 Å². The van der Waals surface area contributed by atoms with Gasteiger partial charge in [0.15, 0.2) is 0 Å². The summed E-state index contributed by atoms with van der Waals surface area (Å²) in [4.78, 5) is 17.9. The Kier molecular flexibility index (Phi) is 4.43. The van der Waals surface area contributed by atoms with E-state index in [1.807, 2.05) is 51.1 Å². The number of benzene rings is 1.